The molecular formula is C20H15Cl2F6N3O2. The molecule has 0 fully saturated rings. The number of amides is 1. The molecule has 5 nitrogen and oxygen atoms in total. The van der Waals surface area contributed by atoms with Crippen LogP contribution in [0.3, 0.4) is 0 Å². The zero-order valence-corrected chi connectivity index (χ0v) is 18.1. The molecule has 0 saturated heterocycles. The van der Waals surface area contributed by atoms with Crippen molar-refractivity contribution in [2.75, 3.05) is 5.43 Å². The van der Waals surface area contributed by atoms with Crippen LogP contribution in [-0.2, 0) is 15.2 Å². The fraction of sp³-hybridized carbons (Fsp3) is 0.250. The zero-order valence-electron chi connectivity index (χ0n) is 16.6. The second-order valence-corrected chi connectivity index (χ2v) is 8.02. The largest absolute Gasteiger partial charge is 0.428 e. The number of hydrogen-bond acceptors (Lipinski definition) is 4. The van der Waals surface area contributed by atoms with Gasteiger partial charge in [0.15, 0.2) is 0 Å². The molecule has 3 rings (SSSR count). The van der Waals surface area contributed by atoms with E-state index in [0.717, 1.165) is 18.2 Å². The van der Waals surface area contributed by atoms with Crippen LogP contribution < -0.4 is 16.3 Å². The SMILES string of the molecule is Cc1ccc(C2=CC(c3cc(Cl)cc(Cl)c3)(C(F)(F)F)ON2)cc1NNC(=O)CC(F)(F)F. The van der Waals surface area contributed by atoms with Crippen molar-refractivity contribution >= 4 is 40.5 Å². The number of rotatable bonds is 5. The molecule has 33 heavy (non-hydrogen) atoms. The van der Waals surface area contributed by atoms with E-state index < -0.39 is 30.3 Å². The van der Waals surface area contributed by atoms with E-state index in [1.165, 1.54) is 24.3 Å². The summed E-state index contributed by atoms with van der Waals surface area (Å²) in [6.07, 6.45) is -10.5. The molecule has 1 unspecified atom stereocenters. The van der Waals surface area contributed by atoms with Crippen molar-refractivity contribution in [1.82, 2.24) is 10.9 Å². The van der Waals surface area contributed by atoms with Gasteiger partial charge in [-0.25, -0.2) is 0 Å². The summed E-state index contributed by atoms with van der Waals surface area (Å²) in [7, 11) is 0. The van der Waals surface area contributed by atoms with Crippen molar-refractivity contribution in [3.8, 4) is 0 Å². The molecule has 0 aromatic heterocycles. The molecule has 0 bridgehead atoms. The van der Waals surface area contributed by atoms with E-state index in [4.69, 9.17) is 28.0 Å². The summed E-state index contributed by atoms with van der Waals surface area (Å²) in [5, 5.41) is -0.0500. The van der Waals surface area contributed by atoms with Crippen LogP contribution >= 0.6 is 23.2 Å². The van der Waals surface area contributed by atoms with Crippen molar-refractivity contribution < 1.29 is 36.0 Å². The van der Waals surface area contributed by atoms with Crippen LogP contribution in [0.25, 0.3) is 5.70 Å². The Balaban J connectivity index is 1.93. The summed E-state index contributed by atoms with van der Waals surface area (Å²) in [6.45, 7) is 1.59. The lowest BCUT2D eigenvalue weighted by molar-refractivity contribution is -0.269. The van der Waals surface area contributed by atoms with Crippen molar-refractivity contribution in [3.63, 3.8) is 0 Å². The molecule has 2 aromatic rings. The van der Waals surface area contributed by atoms with Crippen LogP contribution in [-0.4, -0.2) is 18.3 Å². The predicted molar refractivity (Wildman–Crippen MR) is 110 cm³/mol. The molecule has 1 amide bonds. The summed E-state index contributed by atoms with van der Waals surface area (Å²) >= 11 is 11.7. The highest BCUT2D eigenvalue weighted by Gasteiger charge is 2.59. The van der Waals surface area contributed by atoms with Gasteiger partial charge in [-0.15, -0.1) is 0 Å². The number of hydrazine groups is 1. The van der Waals surface area contributed by atoms with Gasteiger partial charge in [0.05, 0.1) is 11.4 Å². The number of anilines is 1. The first-order chi connectivity index (χ1) is 15.2. The fourth-order valence-electron chi connectivity index (χ4n) is 3.04. The average Bonchev–Trinajstić information content (AvgIpc) is 3.12. The standard InChI is InChI=1S/C20H15Cl2F6N3O2/c1-10-2-3-11(4-15(10)29-30-17(32)9-19(23,24)25)16-8-18(33-31-16,20(26,27)28)12-5-13(21)7-14(22)6-12/h2-8,29,31H,9H2,1H3,(H,30,32). The second-order valence-electron chi connectivity index (χ2n) is 7.15. The molecule has 1 atom stereocenters. The average molecular weight is 514 g/mol. The third kappa shape index (κ3) is 5.66. The van der Waals surface area contributed by atoms with Gasteiger partial charge < -0.3 is 0 Å². The topological polar surface area (TPSA) is 62.4 Å². The maximum atomic E-state index is 14.1. The fourth-order valence-corrected chi connectivity index (χ4v) is 3.57. The van der Waals surface area contributed by atoms with Crippen molar-refractivity contribution in [1.29, 1.82) is 0 Å². The number of carbonyl (C=O) groups excluding carboxylic acids is 1. The number of carbonyl (C=O) groups is 1. The first kappa shape index (κ1) is 25.0. The Morgan fingerprint density at radius 3 is 2.27 bits per heavy atom. The van der Waals surface area contributed by atoms with Crippen molar-refractivity contribution in [2.45, 2.75) is 31.3 Å². The highest BCUT2D eigenvalue weighted by Crippen LogP contribution is 2.48. The van der Waals surface area contributed by atoms with Gasteiger partial charge in [0.25, 0.3) is 0 Å². The van der Waals surface area contributed by atoms with Crippen molar-refractivity contribution in [3.05, 3.63) is 69.2 Å². The molecule has 0 spiro atoms. The molecule has 3 N–H and O–H groups in total. The molecule has 13 heteroatoms. The highest BCUT2D eigenvalue weighted by atomic mass is 35.5. The zero-order chi connectivity index (χ0) is 24.6. The van der Waals surface area contributed by atoms with Crippen LogP contribution in [0.5, 0.6) is 0 Å². The number of halogens is 8. The lowest BCUT2D eigenvalue weighted by Crippen LogP contribution is -2.42. The first-order valence-electron chi connectivity index (χ1n) is 9.13. The van der Waals surface area contributed by atoms with Gasteiger partial charge in [0.2, 0.25) is 11.5 Å². The van der Waals surface area contributed by atoms with Gasteiger partial charge in [-0.2, -0.15) is 26.3 Å². The Bertz CT molecular complexity index is 1080. The van der Waals surface area contributed by atoms with Gasteiger partial charge in [-0.05, 0) is 42.8 Å². The quantitative estimate of drug-likeness (QED) is 0.337. The maximum Gasteiger partial charge on any atom is 0.428 e. The minimum absolute atomic E-state index is 0.0250. The third-order valence-corrected chi connectivity index (χ3v) is 5.06. The monoisotopic (exact) mass is 513 g/mol. The normalized spacial score (nSPS) is 18.5. The minimum Gasteiger partial charge on any atom is -0.298 e. The van der Waals surface area contributed by atoms with E-state index in [1.807, 2.05) is 5.43 Å². The number of benzene rings is 2. The molecule has 1 heterocycles. The highest BCUT2D eigenvalue weighted by molar-refractivity contribution is 6.34. The number of aryl methyl sites for hydroxylation is 1. The number of nitrogens with one attached hydrogen (secondary N) is 3. The van der Waals surface area contributed by atoms with Gasteiger partial charge >= 0.3 is 12.4 Å². The third-order valence-electron chi connectivity index (χ3n) is 4.63. The number of alkyl halides is 6. The number of hydrogen-bond donors (Lipinski definition) is 3. The molecule has 2 aromatic carbocycles. The maximum absolute atomic E-state index is 14.1. The number of hydroxylamine groups is 1. The van der Waals surface area contributed by atoms with Gasteiger partial charge in [0, 0.05) is 21.2 Å². The van der Waals surface area contributed by atoms with Gasteiger partial charge in [-0.3, -0.25) is 26.0 Å². The van der Waals surface area contributed by atoms with Crippen molar-refractivity contribution in [2.24, 2.45) is 0 Å². The molecule has 1 aliphatic rings. The Hall–Kier alpha value is -2.63. The Kier molecular flexibility index (Phi) is 6.79. The Morgan fingerprint density at radius 2 is 1.70 bits per heavy atom. The van der Waals surface area contributed by atoms with E-state index in [1.54, 1.807) is 6.92 Å². The van der Waals surface area contributed by atoms with E-state index in [2.05, 4.69) is 10.9 Å². The van der Waals surface area contributed by atoms with Crippen LogP contribution in [0, 0.1) is 6.92 Å². The van der Waals surface area contributed by atoms with E-state index in [-0.39, 0.29) is 32.6 Å². The summed E-state index contributed by atoms with van der Waals surface area (Å²) in [6, 6.07) is 7.72. The van der Waals surface area contributed by atoms with Crippen LogP contribution in [0.15, 0.2) is 42.5 Å². The summed E-state index contributed by atoms with van der Waals surface area (Å²) in [5.74, 6) is -1.33. The molecule has 1 aliphatic heterocycles. The summed E-state index contributed by atoms with van der Waals surface area (Å²) in [4.78, 5) is 16.4. The lowest BCUT2D eigenvalue weighted by Gasteiger charge is -2.28. The second kappa shape index (κ2) is 8.96. The predicted octanol–water partition coefficient (Wildman–Crippen LogP) is 6.03. The van der Waals surface area contributed by atoms with Crippen LogP contribution in [0.4, 0.5) is 32.0 Å². The molecule has 178 valence electrons. The molecule has 0 saturated carbocycles. The molecular weight excluding hydrogens is 499 g/mol. The molecule has 0 aliphatic carbocycles. The smallest absolute Gasteiger partial charge is 0.298 e. The lowest BCUT2D eigenvalue weighted by atomic mass is 9.91. The van der Waals surface area contributed by atoms with Crippen LogP contribution in [0.2, 0.25) is 10.0 Å². The van der Waals surface area contributed by atoms with E-state index in [0.29, 0.717) is 5.56 Å². The molecule has 0 radical (unpaired) electrons. The minimum atomic E-state index is -4.91. The Labute approximate surface area is 193 Å². The summed E-state index contributed by atoms with van der Waals surface area (Å²) in [5.41, 5.74) is 4.02. The first-order valence-corrected chi connectivity index (χ1v) is 9.88. The van der Waals surface area contributed by atoms with E-state index >= 15 is 0 Å². The Morgan fingerprint density at radius 1 is 1.06 bits per heavy atom. The van der Waals surface area contributed by atoms with Gasteiger partial charge in [-0.1, -0.05) is 35.3 Å². The van der Waals surface area contributed by atoms with Crippen LogP contribution in [0.1, 0.15) is 23.1 Å². The van der Waals surface area contributed by atoms with E-state index in [9.17, 15) is 31.1 Å². The van der Waals surface area contributed by atoms with Gasteiger partial charge in [0.1, 0.15) is 6.42 Å². The summed E-state index contributed by atoms with van der Waals surface area (Å²) < 4.78 is 79.2.